The maximum absolute atomic E-state index is 12.4. The highest BCUT2D eigenvalue weighted by Crippen LogP contribution is 2.19. The lowest BCUT2D eigenvalue weighted by Gasteiger charge is -2.20. The largest absolute Gasteiger partial charge is 0.466 e. The Hall–Kier alpha value is -1.66. The van der Waals surface area contributed by atoms with Crippen molar-refractivity contribution in [2.45, 2.75) is 392 Å². The normalized spacial score (nSPS) is 12.6. The van der Waals surface area contributed by atoms with E-state index < -0.39 is 12.1 Å². The van der Waals surface area contributed by atoms with Gasteiger partial charge in [-0.2, -0.15) is 0 Å². The molecule has 0 fully saturated rings. The van der Waals surface area contributed by atoms with Crippen LogP contribution >= 0.6 is 0 Å². The van der Waals surface area contributed by atoms with Crippen molar-refractivity contribution < 1.29 is 24.5 Å². The van der Waals surface area contributed by atoms with Gasteiger partial charge in [0.15, 0.2) is 0 Å². The van der Waals surface area contributed by atoms with E-state index in [4.69, 9.17) is 4.74 Å². The minimum absolute atomic E-state index is 0.0128. The standard InChI is InChI=1S/C69H133NO5/c1-3-5-7-9-11-13-15-17-35-39-43-47-51-55-59-63-69(74)75-64-60-56-52-48-44-40-37-34-32-30-28-26-24-22-20-18-19-21-23-25-27-29-31-33-36-38-42-46-50-54-58-62-68(73)70-66(65-71)67(72)61-57-53-49-45-41-16-14-12-10-8-6-4-2/h17,35,57,61,66-67,71-72H,3-16,18-34,36-56,58-60,62-65H2,1-2H3,(H,70,73)/b35-17-,61-57+. The summed E-state index contributed by atoms with van der Waals surface area (Å²) >= 11 is 0. The Morgan fingerprint density at radius 3 is 0.947 bits per heavy atom. The van der Waals surface area contributed by atoms with Gasteiger partial charge in [-0.3, -0.25) is 9.59 Å². The van der Waals surface area contributed by atoms with Gasteiger partial charge in [0.25, 0.3) is 0 Å². The van der Waals surface area contributed by atoms with Gasteiger partial charge in [0, 0.05) is 12.8 Å². The van der Waals surface area contributed by atoms with E-state index in [2.05, 4.69) is 31.3 Å². The van der Waals surface area contributed by atoms with Gasteiger partial charge in [-0.05, 0) is 57.8 Å². The Bertz CT molecular complexity index is 1170. The molecule has 2 atom stereocenters. The van der Waals surface area contributed by atoms with Gasteiger partial charge < -0.3 is 20.3 Å². The average molecular weight is 1060 g/mol. The van der Waals surface area contributed by atoms with Crippen molar-refractivity contribution >= 4 is 11.9 Å². The van der Waals surface area contributed by atoms with Crippen LogP contribution in [0, 0.1) is 0 Å². The molecule has 0 aromatic rings. The van der Waals surface area contributed by atoms with Crippen LogP contribution in [0.2, 0.25) is 0 Å². The van der Waals surface area contributed by atoms with E-state index in [1.165, 1.54) is 308 Å². The quantitative estimate of drug-likeness (QED) is 0.0320. The molecule has 444 valence electrons. The summed E-state index contributed by atoms with van der Waals surface area (Å²) in [6.45, 7) is 4.91. The van der Waals surface area contributed by atoms with E-state index in [1.54, 1.807) is 6.08 Å². The first kappa shape index (κ1) is 73.3. The van der Waals surface area contributed by atoms with Gasteiger partial charge in [-0.1, -0.05) is 334 Å². The van der Waals surface area contributed by atoms with Crippen molar-refractivity contribution in [1.82, 2.24) is 5.32 Å². The first-order valence-corrected chi connectivity index (χ1v) is 34.1. The molecule has 1 amide bonds. The van der Waals surface area contributed by atoms with Crippen molar-refractivity contribution in [2.24, 2.45) is 0 Å². The van der Waals surface area contributed by atoms with Crippen LogP contribution in [0.25, 0.3) is 0 Å². The predicted octanol–water partition coefficient (Wildman–Crippen LogP) is 21.8. The fourth-order valence-electron chi connectivity index (χ4n) is 10.7. The number of amides is 1. The van der Waals surface area contributed by atoms with Gasteiger partial charge in [0.1, 0.15) is 0 Å². The molecule has 0 saturated carbocycles. The van der Waals surface area contributed by atoms with Crippen LogP contribution in [-0.2, 0) is 14.3 Å². The zero-order valence-electron chi connectivity index (χ0n) is 50.8. The summed E-state index contributed by atoms with van der Waals surface area (Å²) in [5.74, 6) is -0.0500. The number of allylic oxidation sites excluding steroid dienone is 3. The summed E-state index contributed by atoms with van der Waals surface area (Å²) in [6.07, 6.45) is 81.2. The van der Waals surface area contributed by atoms with Crippen LogP contribution in [0.3, 0.4) is 0 Å². The lowest BCUT2D eigenvalue weighted by atomic mass is 10.0. The minimum atomic E-state index is -0.840. The second kappa shape index (κ2) is 64.9. The van der Waals surface area contributed by atoms with Crippen molar-refractivity contribution in [3.8, 4) is 0 Å². The smallest absolute Gasteiger partial charge is 0.305 e. The molecule has 0 aromatic heterocycles. The number of rotatable bonds is 64. The van der Waals surface area contributed by atoms with Gasteiger partial charge in [0.2, 0.25) is 5.91 Å². The molecule has 6 nitrogen and oxygen atoms in total. The number of aliphatic hydroxyl groups excluding tert-OH is 2. The molecule has 0 heterocycles. The number of esters is 1. The Morgan fingerprint density at radius 1 is 0.360 bits per heavy atom. The summed E-state index contributed by atoms with van der Waals surface area (Å²) in [4.78, 5) is 24.5. The Morgan fingerprint density at radius 2 is 0.627 bits per heavy atom. The molecular formula is C69H133NO5. The number of carbonyl (C=O) groups is 2. The third kappa shape index (κ3) is 61.4. The third-order valence-electron chi connectivity index (χ3n) is 16.0. The highest BCUT2D eigenvalue weighted by Gasteiger charge is 2.18. The van der Waals surface area contributed by atoms with E-state index in [0.717, 1.165) is 44.9 Å². The van der Waals surface area contributed by atoms with Gasteiger partial charge >= 0.3 is 5.97 Å². The number of aliphatic hydroxyl groups is 2. The van der Waals surface area contributed by atoms with Crippen LogP contribution in [0.15, 0.2) is 24.3 Å². The molecule has 75 heavy (non-hydrogen) atoms. The number of nitrogens with one attached hydrogen (secondary N) is 1. The number of unbranched alkanes of at least 4 members (excludes halogenated alkanes) is 51. The minimum Gasteiger partial charge on any atom is -0.466 e. The van der Waals surface area contributed by atoms with Crippen molar-refractivity contribution in [2.75, 3.05) is 13.2 Å². The maximum atomic E-state index is 12.4. The molecule has 2 unspecified atom stereocenters. The highest BCUT2D eigenvalue weighted by atomic mass is 16.5. The molecule has 0 aromatic carbocycles. The molecule has 0 spiro atoms. The Kier molecular flexibility index (Phi) is 63.4. The number of carbonyl (C=O) groups excluding carboxylic acids is 2. The monoisotopic (exact) mass is 1060 g/mol. The predicted molar refractivity (Wildman–Crippen MR) is 329 cm³/mol. The average Bonchev–Trinajstić information content (AvgIpc) is 3.41. The Balaban J connectivity index is 3.32. The zero-order valence-corrected chi connectivity index (χ0v) is 50.8. The highest BCUT2D eigenvalue weighted by molar-refractivity contribution is 5.76. The van der Waals surface area contributed by atoms with E-state index in [-0.39, 0.29) is 18.5 Å². The molecule has 0 aliphatic carbocycles. The molecule has 0 bridgehead atoms. The van der Waals surface area contributed by atoms with Gasteiger partial charge in [-0.25, -0.2) is 0 Å². The molecule has 6 heteroatoms. The summed E-state index contributed by atoms with van der Waals surface area (Å²) < 4.78 is 5.49. The van der Waals surface area contributed by atoms with Crippen molar-refractivity contribution in [3.63, 3.8) is 0 Å². The van der Waals surface area contributed by atoms with Crippen LogP contribution in [0.5, 0.6) is 0 Å². The lowest BCUT2D eigenvalue weighted by Crippen LogP contribution is -2.45. The third-order valence-corrected chi connectivity index (χ3v) is 16.0. The topological polar surface area (TPSA) is 95.9 Å². The van der Waals surface area contributed by atoms with Crippen LogP contribution in [-0.4, -0.2) is 47.4 Å². The van der Waals surface area contributed by atoms with E-state index in [9.17, 15) is 19.8 Å². The molecule has 0 aliphatic heterocycles. The number of hydrogen-bond acceptors (Lipinski definition) is 5. The molecule has 0 rings (SSSR count). The van der Waals surface area contributed by atoms with E-state index in [0.29, 0.717) is 19.4 Å². The molecule has 0 saturated heterocycles. The first-order valence-electron chi connectivity index (χ1n) is 34.1. The fraction of sp³-hybridized carbons (Fsp3) is 0.913. The van der Waals surface area contributed by atoms with Crippen LogP contribution < -0.4 is 5.32 Å². The first-order chi connectivity index (χ1) is 37.0. The van der Waals surface area contributed by atoms with Crippen molar-refractivity contribution in [3.05, 3.63) is 24.3 Å². The second-order valence-corrected chi connectivity index (χ2v) is 23.5. The second-order valence-electron chi connectivity index (χ2n) is 23.5. The van der Waals surface area contributed by atoms with Crippen LogP contribution in [0.4, 0.5) is 0 Å². The van der Waals surface area contributed by atoms with Gasteiger partial charge in [0.05, 0.1) is 25.4 Å². The number of ether oxygens (including phenoxy) is 1. The maximum Gasteiger partial charge on any atom is 0.305 e. The summed E-state index contributed by atoms with van der Waals surface area (Å²) in [5.41, 5.74) is 0. The lowest BCUT2D eigenvalue weighted by molar-refractivity contribution is -0.143. The zero-order chi connectivity index (χ0) is 54.3. The molecule has 3 N–H and O–H groups in total. The SMILES string of the molecule is CCCCCCCC/C=C\CCCCCCCC(=O)OCCCCCCCCCCCCCCCCCCCCCCCCCCCCCCCCCC(=O)NC(CO)C(O)/C=C/CCCCCCCCCCCC. The van der Waals surface area contributed by atoms with Gasteiger partial charge in [-0.15, -0.1) is 0 Å². The fourth-order valence-corrected chi connectivity index (χ4v) is 10.7. The molecule has 0 radical (unpaired) electrons. The van der Waals surface area contributed by atoms with E-state index in [1.807, 2.05) is 6.08 Å². The number of hydrogen-bond donors (Lipinski definition) is 3. The summed E-state index contributed by atoms with van der Waals surface area (Å²) in [7, 11) is 0. The molecule has 0 aliphatic rings. The van der Waals surface area contributed by atoms with E-state index >= 15 is 0 Å². The molecular weight excluding hydrogens is 923 g/mol. The van der Waals surface area contributed by atoms with Crippen LogP contribution in [0.1, 0.15) is 380 Å². The summed E-state index contributed by atoms with van der Waals surface area (Å²) in [6, 6.07) is -0.623. The summed E-state index contributed by atoms with van der Waals surface area (Å²) in [5, 5.41) is 23.1. The van der Waals surface area contributed by atoms with Crippen molar-refractivity contribution in [1.29, 1.82) is 0 Å². The Labute approximate surface area is 469 Å².